The van der Waals surface area contributed by atoms with Gasteiger partial charge in [-0.05, 0) is 56.0 Å². The molecule has 26 heavy (non-hydrogen) atoms. The normalized spacial score (nSPS) is 17.6. The Kier molecular flexibility index (Phi) is 5.44. The highest BCUT2D eigenvalue weighted by atomic mass is 32.2. The lowest BCUT2D eigenvalue weighted by molar-refractivity contribution is 0.102. The van der Waals surface area contributed by atoms with Gasteiger partial charge in [0, 0.05) is 35.9 Å². The molecule has 0 radical (unpaired) electrons. The summed E-state index contributed by atoms with van der Waals surface area (Å²) in [6.45, 7) is 2.20. The molecule has 1 saturated heterocycles. The average molecular weight is 368 g/mol. The Balaban J connectivity index is 1.49. The van der Waals surface area contributed by atoms with Gasteiger partial charge >= 0.3 is 0 Å². The van der Waals surface area contributed by atoms with Gasteiger partial charge in [-0.3, -0.25) is 4.79 Å². The largest absolute Gasteiger partial charge is 0.371 e. The summed E-state index contributed by atoms with van der Waals surface area (Å²) in [6.07, 6.45) is 9.29. The van der Waals surface area contributed by atoms with Crippen LogP contribution in [0, 0.1) is 0 Å². The van der Waals surface area contributed by atoms with Crippen LogP contribution in [0.25, 0.3) is 0 Å². The van der Waals surface area contributed by atoms with E-state index in [1.807, 2.05) is 24.3 Å². The Morgan fingerprint density at radius 2 is 1.88 bits per heavy atom. The molecule has 1 aliphatic carbocycles. The molecule has 1 N–H and O–H groups in total. The van der Waals surface area contributed by atoms with Crippen molar-refractivity contribution in [3.8, 4) is 0 Å². The lowest BCUT2D eigenvalue weighted by Crippen LogP contribution is -2.18. The number of rotatable bonds is 5. The molecule has 4 rings (SSSR count). The lowest BCUT2D eigenvalue weighted by Gasteiger charge is -2.18. The number of nitrogens with one attached hydrogen (secondary N) is 1. The fourth-order valence-corrected chi connectivity index (χ4v) is 5.07. The maximum Gasteiger partial charge on any atom is 0.258 e. The first-order valence-corrected chi connectivity index (χ1v) is 10.5. The molecular weight excluding hydrogens is 342 g/mol. The van der Waals surface area contributed by atoms with Crippen LogP contribution >= 0.6 is 11.8 Å². The summed E-state index contributed by atoms with van der Waals surface area (Å²) in [5, 5.41) is 4.52. The van der Waals surface area contributed by atoms with Crippen molar-refractivity contribution in [3.63, 3.8) is 0 Å². The van der Waals surface area contributed by atoms with Gasteiger partial charge in [0.1, 0.15) is 5.03 Å². The van der Waals surface area contributed by atoms with Crippen molar-refractivity contribution in [2.24, 2.45) is 0 Å². The Labute approximate surface area is 159 Å². The smallest absolute Gasteiger partial charge is 0.258 e. The van der Waals surface area contributed by atoms with E-state index >= 15 is 0 Å². The SMILES string of the molecule is O=C(Nc1cccc(N2CCCC2)c1)c1cccnc1SC1CCCC1. The maximum atomic E-state index is 12.9. The summed E-state index contributed by atoms with van der Waals surface area (Å²) in [4.78, 5) is 19.7. The molecule has 0 spiro atoms. The summed E-state index contributed by atoms with van der Waals surface area (Å²) >= 11 is 1.76. The summed E-state index contributed by atoms with van der Waals surface area (Å²) in [5.41, 5.74) is 2.71. The van der Waals surface area contributed by atoms with E-state index in [9.17, 15) is 4.79 Å². The number of thioether (sulfide) groups is 1. The summed E-state index contributed by atoms with van der Waals surface area (Å²) < 4.78 is 0. The minimum absolute atomic E-state index is 0.0721. The second-order valence-corrected chi connectivity index (χ2v) is 8.37. The highest BCUT2D eigenvalue weighted by molar-refractivity contribution is 7.99. The van der Waals surface area contributed by atoms with Gasteiger partial charge in [0.25, 0.3) is 5.91 Å². The number of pyridine rings is 1. The molecule has 0 bridgehead atoms. The molecular formula is C21H25N3OS. The van der Waals surface area contributed by atoms with Crippen LogP contribution in [0.2, 0.25) is 0 Å². The molecule has 4 nitrogen and oxygen atoms in total. The predicted molar refractivity (Wildman–Crippen MR) is 108 cm³/mol. The van der Waals surface area contributed by atoms with E-state index in [2.05, 4.69) is 27.3 Å². The third-order valence-corrected chi connectivity index (χ3v) is 6.52. The second-order valence-electron chi connectivity index (χ2n) is 7.08. The van der Waals surface area contributed by atoms with E-state index < -0.39 is 0 Å². The zero-order chi connectivity index (χ0) is 17.8. The molecule has 2 aromatic rings. The van der Waals surface area contributed by atoms with Crippen LogP contribution in [0.15, 0.2) is 47.6 Å². The fourth-order valence-electron chi connectivity index (χ4n) is 3.78. The van der Waals surface area contributed by atoms with Gasteiger partial charge in [-0.2, -0.15) is 0 Å². The first-order valence-electron chi connectivity index (χ1n) is 9.58. The zero-order valence-corrected chi connectivity index (χ0v) is 15.8. The predicted octanol–water partition coefficient (Wildman–Crippen LogP) is 4.97. The molecule has 2 heterocycles. The Morgan fingerprint density at radius 1 is 1.08 bits per heavy atom. The van der Waals surface area contributed by atoms with E-state index in [1.165, 1.54) is 44.2 Å². The van der Waals surface area contributed by atoms with Gasteiger partial charge in [0.15, 0.2) is 0 Å². The quantitative estimate of drug-likeness (QED) is 0.810. The van der Waals surface area contributed by atoms with Crippen molar-refractivity contribution >= 4 is 29.0 Å². The first-order chi connectivity index (χ1) is 12.8. The zero-order valence-electron chi connectivity index (χ0n) is 15.0. The molecule has 0 atom stereocenters. The first kappa shape index (κ1) is 17.4. The summed E-state index contributed by atoms with van der Waals surface area (Å²) in [6, 6.07) is 11.9. The number of anilines is 2. The number of carbonyl (C=O) groups excluding carboxylic acids is 1. The highest BCUT2D eigenvalue weighted by Crippen LogP contribution is 2.35. The third-order valence-electron chi connectivity index (χ3n) is 5.17. The number of aromatic nitrogens is 1. The van der Waals surface area contributed by atoms with Gasteiger partial charge in [-0.1, -0.05) is 18.9 Å². The molecule has 2 aliphatic rings. The van der Waals surface area contributed by atoms with Crippen LogP contribution in [-0.2, 0) is 0 Å². The van der Waals surface area contributed by atoms with Crippen LogP contribution < -0.4 is 10.2 Å². The number of hydrogen-bond donors (Lipinski definition) is 1. The standard InChI is InChI=1S/C21H25N3OS/c25-20(19-11-6-12-22-21(19)26-18-9-1-2-10-18)23-16-7-5-8-17(15-16)24-13-3-4-14-24/h5-8,11-12,15,18H,1-4,9-10,13-14H2,(H,23,25). The molecule has 1 aliphatic heterocycles. The minimum Gasteiger partial charge on any atom is -0.371 e. The van der Waals surface area contributed by atoms with Crippen molar-refractivity contribution in [2.75, 3.05) is 23.3 Å². The number of amides is 1. The number of hydrogen-bond acceptors (Lipinski definition) is 4. The van der Waals surface area contributed by atoms with Crippen molar-refractivity contribution in [2.45, 2.75) is 48.8 Å². The molecule has 2 fully saturated rings. The van der Waals surface area contributed by atoms with Crippen LogP contribution in [-0.4, -0.2) is 29.2 Å². The van der Waals surface area contributed by atoms with Gasteiger partial charge < -0.3 is 10.2 Å². The lowest BCUT2D eigenvalue weighted by atomic mass is 10.2. The van der Waals surface area contributed by atoms with Crippen LogP contribution in [0.3, 0.4) is 0 Å². The summed E-state index contributed by atoms with van der Waals surface area (Å²) in [7, 11) is 0. The van der Waals surface area contributed by atoms with E-state index in [1.54, 1.807) is 18.0 Å². The molecule has 5 heteroatoms. The monoisotopic (exact) mass is 367 g/mol. The van der Waals surface area contributed by atoms with Gasteiger partial charge in [0.05, 0.1) is 5.56 Å². The minimum atomic E-state index is -0.0721. The highest BCUT2D eigenvalue weighted by Gasteiger charge is 2.21. The van der Waals surface area contributed by atoms with E-state index in [-0.39, 0.29) is 5.91 Å². The fraction of sp³-hybridized carbons (Fsp3) is 0.429. The van der Waals surface area contributed by atoms with Gasteiger partial charge in [-0.25, -0.2) is 4.98 Å². The Morgan fingerprint density at radius 3 is 2.69 bits per heavy atom. The molecule has 136 valence electrons. The number of benzene rings is 1. The van der Waals surface area contributed by atoms with E-state index in [4.69, 9.17) is 0 Å². The van der Waals surface area contributed by atoms with Crippen LogP contribution in [0.4, 0.5) is 11.4 Å². The van der Waals surface area contributed by atoms with E-state index in [0.29, 0.717) is 10.8 Å². The number of nitrogens with zero attached hydrogens (tertiary/aromatic N) is 2. The third kappa shape index (κ3) is 4.04. The van der Waals surface area contributed by atoms with Crippen LogP contribution in [0.5, 0.6) is 0 Å². The van der Waals surface area contributed by atoms with Gasteiger partial charge in [-0.15, -0.1) is 11.8 Å². The van der Waals surface area contributed by atoms with Gasteiger partial charge in [0.2, 0.25) is 0 Å². The summed E-state index contributed by atoms with van der Waals surface area (Å²) in [5.74, 6) is -0.0721. The second kappa shape index (κ2) is 8.12. The van der Waals surface area contributed by atoms with Crippen LogP contribution in [0.1, 0.15) is 48.9 Å². The number of carbonyl (C=O) groups is 1. The van der Waals surface area contributed by atoms with Crippen molar-refractivity contribution < 1.29 is 4.79 Å². The molecule has 1 amide bonds. The molecule has 1 saturated carbocycles. The molecule has 1 aromatic heterocycles. The Hall–Kier alpha value is -2.01. The molecule has 0 unspecified atom stereocenters. The van der Waals surface area contributed by atoms with Crippen molar-refractivity contribution in [1.29, 1.82) is 0 Å². The maximum absolute atomic E-state index is 12.9. The van der Waals surface area contributed by atoms with Crippen molar-refractivity contribution in [3.05, 3.63) is 48.2 Å². The van der Waals surface area contributed by atoms with E-state index in [0.717, 1.165) is 23.8 Å². The van der Waals surface area contributed by atoms with Crippen molar-refractivity contribution in [1.82, 2.24) is 4.98 Å². The average Bonchev–Trinajstić information content (AvgIpc) is 3.36. The topological polar surface area (TPSA) is 45.2 Å². The molecule has 1 aromatic carbocycles. The Bertz CT molecular complexity index is 767.